The second-order valence-corrected chi connectivity index (χ2v) is 8.81. The molecule has 0 saturated carbocycles. The van der Waals surface area contributed by atoms with Crippen molar-refractivity contribution in [3.63, 3.8) is 0 Å². The summed E-state index contributed by atoms with van der Waals surface area (Å²) in [7, 11) is 0. The fraction of sp³-hybridized carbons (Fsp3) is 0.212. The highest BCUT2D eigenvalue weighted by molar-refractivity contribution is 5.49. The van der Waals surface area contributed by atoms with Gasteiger partial charge in [-0.2, -0.15) is 0 Å². The Morgan fingerprint density at radius 1 is 0.541 bits per heavy atom. The maximum absolute atomic E-state index is 10.4. The van der Waals surface area contributed by atoms with Crippen LogP contribution in [0.2, 0.25) is 0 Å². The van der Waals surface area contributed by atoms with Crippen LogP contribution in [0.4, 0.5) is 0 Å². The first-order valence-corrected chi connectivity index (χ1v) is 12.6. The van der Waals surface area contributed by atoms with Crippen LogP contribution < -0.4 is 0 Å². The number of hydrogen-bond acceptors (Lipinski definition) is 4. The molecular weight excluding hydrogens is 460 g/mol. The normalized spacial score (nSPS) is 13.9. The molecule has 0 fully saturated rings. The van der Waals surface area contributed by atoms with E-state index in [0.29, 0.717) is 19.8 Å². The zero-order valence-electron chi connectivity index (χ0n) is 20.9. The Kier molecular flexibility index (Phi) is 10.7. The molecule has 0 amide bonds. The lowest BCUT2D eigenvalue weighted by Crippen LogP contribution is -2.43. The van der Waals surface area contributed by atoms with E-state index >= 15 is 0 Å². The topological polar surface area (TPSA) is 47.9 Å². The monoisotopic (exact) mass is 494 g/mol. The van der Waals surface area contributed by atoms with E-state index in [4.69, 9.17) is 14.2 Å². The summed E-state index contributed by atoms with van der Waals surface area (Å²) >= 11 is 0. The van der Waals surface area contributed by atoms with Gasteiger partial charge in [0.25, 0.3) is 0 Å². The van der Waals surface area contributed by atoms with E-state index in [1.807, 2.05) is 133 Å². The van der Waals surface area contributed by atoms with Crippen LogP contribution in [0.3, 0.4) is 0 Å². The fourth-order valence-corrected chi connectivity index (χ4v) is 4.01. The number of aliphatic hydroxyl groups excluding tert-OH is 1. The quantitative estimate of drug-likeness (QED) is 0.219. The standard InChI is InChI=1S/C33H34O4/c34-23-32(36-25-29-17-9-3-10-18-29)33(37-26-30-19-11-4-12-20-30)31(22-21-27-13-5-1-6-14-27)35-24-28-15-7-2-8-16-28/h1-22,31-34H,23-26H2/t31-,32-,33-/m1/s1. The van der Waals surface area contributed by atoms with Gasteiger partial charge in [-0.15, -0.1) is 0 Å². The van der Waals surface area contributed by atoms with Crippen molar-refractivity contribution in [2.75, 3.05) is 6.61 Å². The zero-order valence-corrected chi connectivity index (χ0v) is 20.9. The molecule has 3 atom stereocenters. The Labute approximate surface area is 219 Å². The number of hydrogen-bond donors (Lipinski definition) is 1. The maximum atomic E-state index is 10.4. The van der Waals surface area contributed by atoms with Crippen molar-refractivity contribution in [2.45, 2.75) is 38.1 Å². The van der Waals surface area contributed by atoms with Gasteiger partial charge in [-0.3, -0.25) is 0 Å². The first-order valence-electron chi connectivity index (χ1n) is 12.6. The molecule has 0 aliphatic heterocycles. The molecule has 4 rings (SSSR count). The number of ether oxygens (including phenoxy) is 3. The summed E-state index contributed by atoms with van der Waals surface area (Å²) in [5.74, 6) is 0. The van der Waals surface area contributed by atoms with Crippen LogP contribution in [-0.2, 0) is 34.0 Å². The van der Waals surface area contributed by atoms with Gasteiger partial charge in [0.15, 0.2) is 0 Å². The maximum Gasteiger partial charge on any atom is 0.116 e. The summed E-state index contributed by atoms with van der Waals surface area (Å²) in [5.41, 5.74) is 4.20. The molecule has 0 aliphatic rings. The first-order chi connectivity index (χ1) is 18.3. The summed E-state index contributed by atoms with van der Waals surface area (Å²) in [6, 6.07) is 40.1. The molecule has 0 unspecified atom stereocenters. The third-order valence-electron chi connectivity index (χ3n) is 6.03. The molecule has 4 heteroatoms. The summed E-state index contributed by atoms with van der Waals surface area (Å²) in [6.07, 6.45) is 2.43. The van der Waals surface area contributed by atoms with E-state index in [1.165, 1.54) is 0 Å². The molecule has 0 radical (unpaired) electrons. The molecule has 37 heavy (non-hydrogen) atoms. The SMILES string of the molecule is OC[C@@H](OCc1ccccc1)[C@H](OCc1ccccc1)[C@@H](C=Cc1ccccc1)OCc1ccccc1. The number of rotatable bonds is 14. The molecular formula is C33H34O4. The summed E-state index contributed by atoms with van der Waals surface area (Å²) in [6.45, 7) is 0.954. The molecule has 4 aromatic rings. The van der Waals surface area contributed by atoms with Crippen LogP contribution in [0.1, 0.15) is 22.3 Å². The minimum Gasteiger partial charge on any atom is -0.394 e. The fourth-order valence-electron chi connectivity index (χ4n) is 4.01. The minimum atomic E-state index is -0.592. The molecule has 0 spiro atoms. The highest BCUT2D eigenvalue weighted by Gasteiger charge is 2.31. The molecule has 0 aromatic heterocycles. The second-order valence-electron chi connectivity index (χ2n) is 8.81. The van der Waals surface area contributed by atoms with Crippen LogP contribution in [0.25, 0.3) is 6.08 Å². The smallest absolute Gasteiger partial charge is 0.116 e. The summed E-state index contributed by atoms with van der Waals surface area (Å²) in [5, 5.41) is 10.4. The van der Waals surface area contributed by atoms with Gasteiger partial charge >= 0.3 is 0 Å². The van der Waals surface area contributed by atoms with E-state index in [1.54, 1.807) is 0 Å². The summed E-state index contributed by atoms with van der Waals surface area (Å²) < 4.78 is 19.1. The number of benzene rings is 4. The van der Waals surface area contributed by atoms with Crippen LogP contribution in [0.15, 0.2) is 127 Å². The minimum absolute atomic E-state index is 0.198. The highest BCUT2D eigenvalue weighted by atomic mass is 16.6. The average molecular weight is 495 g/mol. The van der Waals surface area contributed by atoms with Gasteiger partial charge < -0.3 is 19.3 Å². The molecule has 0 saturated heterocycles. The van der Waals surface area contributed by atoms with Gasteiger partial charge in [0, 0.05) is 0 Å². The molecule has 4 nitrogen and oxygen atoms in total. The van der Waals surface area contributed by atoms with Crippen LogP contribution in [0, 0.1) is 0 Å². The Balaban J connectivity index is 1.58. The third kappa shape index (κ3) is 8.81. The highest BCUT2D eigenvalue weighted by Crippen LogP contribution is 2.20. The van der Waals surface area contributed by atoms with Crippen LogP contribution in [-0.4, -0.2) is 30.0 Å². The second kappa shape index (κ2) is 14.9. The Bertz CT molecular complexity index is 1160. The number of aliphatic hydroxyl groups is 1. The average Bonchev–Trinajstić information content (AvgIpc) is 2.97. The molecule has 0 bridgehead atoms. The van der Waals surface area contributed by atoms with Crippen molar-refractivity contribution in [3.8, 4) is 0 Å². The van der Waals surface area contributed by atoms with E-state index in [0.717, 1.165) is 22.3 Å². The largest absolute Gasteiger partial charge is 0.394 e. The zero-order chi connectivity index (χ0) is 25.5. The van der Waals surface area contributed by atoms with Gasteiger partial charge in [-0.25, -0.2) is 0 Å². The first kappa shape index (κ1) is 26.5. The lowest BCUT2D eigenvalue weighted by atomic mass is 10.0. The van der Waals surface area contributed by atoms with E-state index in [-0.39, 0.29) is 6.61 Å². The van der Waals surface area contributed by atoms with E-state index < -0.39 is 18.3 Å². The molecule has 190 valence electrons. The van der Waals surface area contributed by atoms with E-state index in [9.17, 15) is 5.11 Å². The van der Waals surface area contributed by atoms with Gasteiger partial charge in [-0.05, 0) is 22.3 Å². The predicted octanol–water partition coefficient (Wildman–Crippen LogP) is 6.45. The van der Waals surface area contributed by atoms with E-state index in [2.05, 4.69) is 0 Å². The van der Waals surface area contributed by atoms with Crippen LogP contribution >= 0.6 is 0 Å². The van der Waals surface area contributed by atoms with Gasteiger partial charge in [0.2, 0.25) is 0 Å². The molecule has 4 aromatic carbocycles. The Morgan fingerprint density at radius 2 is 0.973 bits per heavy atom. The molecule has 0 heterocycles. The molecule has 1 N–H and O–H groups in total. The lowest BCUT2D eigenvalue weighted by Gasteiger charge is -2.31. The predicted molar refractivity (Wildman–Crippen MR) is 148 cm³/mol. The summed E-state index contributed by atoms with van der Waals surface area (Å²) in [4.78, 5) is 0. The lowest BCUT2D eigenvalue weighted by molar-refractivity contribution is -0.149. The van der Waals surface area contributed by atoms with Crippen molar-refractivity contribution < 1.29 is 19.3 Å². The van der Waals surface area contributed by atoms with Gasteiger partial charge in [-0.1, -0.05) is 133 Å². The van der Waals surface area contributed by atoms with Crippen LogP contribution in [0.5, 0.6) is 0 Å². The van der Waals surface area contributed by atoms with Gasteiger partial charge in [0.1, 0.15) is 18.3 Å². The van der Waals surface area contributed by atoms with Gasteiger partial charge in [0.05, 0.1) is 26.4 Å². The van der Waals surface area contributed by atoms with Crippen molar-refractivity contribution in [1.29, 1.82) is 0 Å². The van der Waals surface area contributed by atoms with Crippen molar-refractivity contribution >= 4 is 6.08 Å². The third-order valence-corrected chi connectivity index (χ3v) is 6.03. The Hall–Kier alpha value is -3.54. The van der Waals surface area contributed by atoms with Crippen molar-refractivity contribution in [3.05, 3.63) is 150 Å². The Morgan fingerprint density at radius 3 is 1.46 bits per heavy atom. The molecule has 0 aliphatic carbocycles. The van der Waals surface area contributed by atoms with Crippen molar-refractivity contribution in [2.24, 2.45) is 0 Å². The van der Waals surface area contributed by atoms with Crippen molar-refractivity contribution in [1.82, 2.24) is 0 Å².